The van der Waals surface area contributed by atoms with Crippen LogP contribution in [0.3, 0.4) is 0 Å². The Kier molecular flexibility index (Phi) is 8.17. The zero-order chi connectivity index (χ0) is 24.7. The smallest absolute Gasteiger partial charge is 0.269 e. The van der Waals surface area contributed by atoms with Crippen LogP contribution in [0.25, 0.3) is 11.7 Å². The van der Waals surface area contributed by atoms with Gasteiger partial charge in [-0.25, -0.2) is 0 Å². The van der Waals surface area contributed by atoms with Gasteiger partial charge in [0.2, 0.25) is 5.88 Å². The Bertz CT molecular complexity index is 1320. The Labute approximate surface area is 198 Å². The van der Waals surface area contributed by atoms with Crippen molar-refractivity contribution in [3.05, 3.63) is 75.2 Å². The highest BCUT2D eigenvalue weighted by atomic mass is 16.5. The van der Waals surface area contributed by atoms with Gasteiger partial charge >= 0.3 is 0 Å². The van der Waals surface area contributed by atoms with Crippen LogP contribution in [0.5, 0.6) is 11.6 Å². The number of hydrogen-bond donors (Lipinski definition) is 1. The quantitative estimate of drug-likeness (QED) is 0.294. The number of amides is 1. The number of pyridine rings is 1. The van der Waals surface area contributed by atoms with Crippen molar-refractivity contribution in [3.8, 4) is 17.7 Å². The van der Waals surface area contributed by atoms with Gasteiger partial charge in [-0.2, -0.15) is 10.2 Å². The van der Waals surface area contributed by atoms with Crippen molar-refractivity contribution in [2.75, 3.05) is 20.3 Å². The first-order valence-electron chi connectivity index (χ1n) is 11.0. The first-order valence-corrected chi connectivity index (χ1v) is 11.0. The maximum atomic E-state index is 13.3. The molecule has 0 atom stereocenters. The molecule has 8 nitrogen and oxygen atoms in total. The summed E-state index contributed by atoms with van der Waals surface area (Å²) in [6, 6.07) is 12.9. The molecule has 0 aliphatic carbocycles. The van der Waals surface area contributed by atoms with Gasteiger partial charge < -0.3 is 14.8 Å². The number of carbonyl (C=O) groups excluding carboxylic acids is 1. The molecule has 0 aliphatic rings. The number of benzene rings is 1. The van der Waals surface area contributed by atoms with E-state index in [2.05, 4.69) is 10.3 Å². The monoisotopic (exact) mass is 460 g/mol. The Morgan fingerprint density at radius 1 is 1.29 bits per heavy atom. The average molecular weight is 461 g/mol. The number of methoxy groups -OCH3 is 1. The highest BCUT2D eigenvalue weighted by Crippen LogP contribution is 2.32. The molecule has 0 unspecified atom stereocenters. The van der Waals surface area contributed by atoms with Gasteiger partial charge in [0, 0.05) is 26.5 Å². The number of rotatable bonds is 9. The fraction of sp³-hybridized carbons (Fsp3) is 0.308. The number of nitriles is 1. The van der Waals surface area contributed by atoms with E-state index in [-0.39, 0.29) is 22.9 Å². The highest BCUT2D eigenvalue weighted by molar-refractivity contribution is 6.01. The highest BCUT2D eigenvalue weighted by Gasteiger charge is 2.19. The van der Waals surface area contributed by atoms with E-state index in [9.17, 15) is 14.9 Å². The van der Waals surface area contributed by atoms with Crippen LogP contribution in [0, 0.1) is 18.3 Å². The largest absolute Gasteiger partial charge is 0.438 e. The van der Waals surface area contributed by atoms with Crippen molar-refractivity contribution in [1.82, 2.24) is 14.7 Å². The molecular weight excluding hydrogens is 432 g/mol. The summed E-state index contributed by atoms with van der Waals surface area (Å²) in [6.45, 7) is 6.85. The number of fused-ring (bicyclic) bond motifs is 1. The summed E-state index contributed by atoms with van der Waals surface area (Å²) in [6.07, 6.45) is 3.41. The van der Waals surface area contributed by atoms with Crippen molar-refractivity contribution in [3.63, 3.8) is 0 Å². The van der Waals surface area contributed by atoms with Crippen LogP contribution >= 0.6 is 0 Å². The summed E-state index contributed by atoms with van der Waals surface area (Å²) in [5, 5.41) is 12.3. The van der Waals surface area contributed by atoms with Crippen molar-refractivity contribution >= 4 is 17.6 Å². The van der Waals surface area contributed by atoms with Crippen LogP contribution < -0.4 is 15.6 Å². The second-order valence-corrected chi connectivity index (χ2v) is 8.13. The van der Waals surface area contributed by atoms with E-state index >= 15 is 0 Å². The fourth-order valence-corrected chi connectivity index (χ4v) is 3.40. The van der Waals surface area contributed by atoms with Gasteiger partial charge in [0.1, 0.15) is 28.6 Å². The lowest BCUT2D eigenvalue weighted by atomic mass is 10.0. The summed E-state index contributed by atoms with van der Waals surface area (Å²) in [4.78, 5) is 30.4. The van der Waals surface area contributed by atoms with Gasteiger partial charge in [-0.1, -0.05) is 32.0 Å². The van der Waals surface area contributed by atoms with Gasteiger partial charge in [0.15, 0.2) is 0 Å². The van der Waals surface area contributed by atoms with Crippen molar-refractivity contribution in [1.29, 1.82) is 5.26 Å². The Hall–Kier alpha value is -3.96. The molecule has 1 N–H and O–H groups in total. The lowest BCUT2D eigenvalue weighted by Crippen LogP contribution is -2.27. The van der Waals surface area contributed by atoms with Gasteiger partial charge in [-0.05, 0) is 54.7 Å². The molecule has 1 aromatic carbocycles. The van der Waals surface area contributed by atoms with Gasteiger partial charge in [-0.3, -0.25) is 14.0 Å². The van der Waals surface area contributed by atoms with Crippen molar-refractivity contribution < 1.29 is 14.3 Å². The number of hydrogen-bond acceptors (Lipinski definition) is 6. The molecule has 34 heavy (non-hydrogen) atoms. The first-order chi connectivity index (χ1) is 16.3. The lowest BCUT2D eigenvalue weighted by molar-refractivity contribution is -0.117. The predicted molar refractivity (Wildman–Crippen MR) is 130 cm³/mol. The number of aromatic nitrogens is 2. The molecular formula is C26H28N4O4. The van der Waals surface area contributed by atoms with Crippen LogP contribution in [0.4, 0.5) is 0 Å². The zero-order valence-corrected chi connectivity index (χ0v) is 19.8. The minimum atomic E-state index is -0.583. The second kappa shape index (κ2) is 11.3. The van der Waals surface area contributed by atoms with Crippen molar-refractivity contribution in [2.45, 2.75) is 33.1 Å². The van der Waals surface area contributed by atoms with E-state index in [0.29, 0.717) is 31.0 Å². The molecule has 176 valence electrons. The molecule has 0 saturated heterocycles. The van der Waals surface area contributed by atoms with E-state index in [4.69, 9.17) is 9.47 Å². The molecule has 1 amide bonds. The molecule has 0 radical (unpaired) electrons. The molecule has 0 saturated carbocycles. The van der Waals surface area contributed by atoms with E-state index < -0.39 is 11.5 Å². The van der Waals surface area contributed by atoms with Crippen LogP contribution in [0.2, 0.25) is 0 Å². The number of nitrogens with zero attached hydrogens (tertiary/aromatic N) is 3. The number of aryl methyl sites for hydroxylation is 1. The third-order valence-electron chi connectivity index (χ3n) is 5.20. The van der Waals surface area contributed by atoms with Crippen LogP contribution in [-0.4, -0.2) is 35.6 Å². The molecule has 8 heteroatoms. The molecule has 3 rings (SSSR count). The molecule has 0 aliphatic heterocycles. The first kappa shape index (κ1) is 24.7. The summed E-state index contributed by atoms with van der Waals surface area (Å²) in [5.41, 5.74) is 1.68. The minimum absolute atomic E-state index is 0.0171. The second-order valence-electron chi connectivity index (χ2n) is 8.13. The third kappa shape index (κ3) is 5.69. The maximum Gasteiger partial charge on any atom is 0.269 e. The van der Waals surface area contributed by atoms with Crippen LogP contribution in [0.15, 0.2) is 53.0 Å². The zero-order valence-electron chi connectivity index (χ0n) is 19.8. The lowest BCUT2D eigenvalue weighted by Gasteiger charge is -2.16. The number of carbonyl (C=O) groups is 1. The molecule has 0 bridgehead atoms. The molecule has 2 heterocycles. The Morgan fingerprint density at radius 2 is 2.09 bits per heavy atom. The third-order valence-corrected chi connectivity index (χ3v) is 5.20. The normalized spacial score (nSPS) is 11.5. The summed E-state index contributed by atoms with van der Waals surface area (Å²) in [7, 11) is 1.57. The fourth-order valence-electron chi connectivity index (χ4n) is 3.40. The van der Waals surface area contributed by atoms with E-state index in [0.717, 1.165) is 11.1 Å². The topological polar surface area (TPSA) is 106 Å². The standard InChI is InChI=1S/C26H28N4O4/c1-17(2)20-10-9-18(3)14-22(20)34-25-21(26(32)30-12-6-5-8-23(30)29-25)15-19(16-27)24(31)28-11-7-13-33-4/h5-6,8-10,12,14-15,17H,7,11,13H2,1-4H3,(H,28,31)/b19-15+. The number of ether oxygens (including phenoxy) is 2. The van der Waals surface area contributed by atoms with E-state index in [1.807, 2.05) is 45.0 Å². The average Bonchev–Trinajstić information content (AvgIpc) is 2.81. The SMILES string of the molecule is COCCCNC(=O)/C(C#N)=C/c1c(Oc2cc(C)ccc2C(C)C)nc2ccccn2c1=O. The summed E-state index contributed by atoms with van der Waals surface area (Å²) >= 11 is 0. The minimum Gasteiger partial charge on any atom is -0.438 e. The molecule has 3 aromatic rings. The van der Waals surface area contributed by atoms with Gasteiger partial charge in [-0.15, -0.1) is 0 Å². The molecule has 0 spiro atoms. The Morgan fingerprint density at radius 3 is 2.79 bits per heavy atom. The van der Waals surface area contributed by atoms with Crippen LogP contribution in [0.1, 0.15) is 42.9 Å². The predicted octanol–water partition coefficient (Wildman–Crippen LogP) is 3.98. The van der Waals surface area contributed by atoms with Crippen LogP contribution in [-0.2, 0) is 9.53 Å². The maximum absolute atomic E-state index is 13.3. The Balaban J connectivity index is 2.12. The van der Waals surface area contributed by atoms with E-state index in [1.165, 1.54) is 10.5 Å². The summed E-state index contributed by atoms with van der Waals surface area (Å²) in [5.74, 6) is 0.187. The van der Waals surface area contributed by atoms with Gasteiger partial charge in [0.05, 0.1) is 0 Å². The molecule has 0 fully saturated rings. The number of nitrogens with one attached hydrogen (secondary N) is 1. The van der Waals surface area contributed by atoms with E-state index in [1.54, 1.807) is 31.5 Å². The van der Waals surface area contributed by atoms with Gasteiger partial charge in [0.25, 0.3) is 11.5 Å². The van der Waals surface area contributed by atoms with Crippen molar-refractivity contribution in [2.24, 2.45) is 0 Å². The summed E-state index contributed by atoms with van der Waals surface area (Å²) < 4.78 is 12.5. The molecule has 2 aromatic heterocycles.